The fraction of sp³-hybridized carbons (Fsp3) is 0.917. The fourth-order valence-corrected chi connectivity index (χ4v) is 8.69. The number of fused-ring (bicyclic) bond motifs is 5. The van der Waals surface area contributed by atoms with Crippen LogP contribution in [0, 0.1) is 57.6 Å². The van der Waals surface area contributed by atoms with Crippen LogP contribution in [0.5, 0.6) is 0 Å². The molecule has 1 unspecified atom stereocenters. The van der Waals surface area contributed by atoms with Gasteiger partial charge in [-0.15, -0.1) is 0 Å². The first-order valence-electron chi connectivity index (χ1n) is 11.1. The lowest BCUT2D eigenvalue weighted by molar-refractivity contribution is -0.114. The Hall–Kier alpha value is -0.150. The minimum Gasteiger partial charge on any atom is -0.0856 e. The zero-order valence-electron chi connectivity index (χ0n) is 16.6. The molecular weight excluding hydrogens is 324 g/mol. The number of rotatable bonds is 2. The van der Waals surface area contributed by atoms with Crippen LogP contribution in [0.2, 0.25) is 0 Å². The first kappa shape index (κ1) is 18.2. The number of hydrogen-bond donors (Lipinski definition) is 0. The van der Waals surface area contributed by atoms with Gasteiger partial charge in [0, 0.05) is 11.8 Å². The maximum atomic E-state index is 5.63. The molecule has 140 valence electrons. The van der Waals surface area contributed by atoms with Crippen LogP contribution in [-0.2, 0) is 0 Å². The van der Waals surface area contributed by atoms with Gasteiger partial charge in [0.2, 0.25) is 0 Å². The summed E-state index contributed by atoms with van der Waals surface area (Å²) in [5.74, 6) is 8.81. The van der Waals surface area contributed by atoms with Gasteiger partial charge in [-0.2, -0.15) is 0 Å². The SMILES string of the molecule is C[C@H](CC#CCl)[C@H]1CC[C@H]2[C@@H]3CCC4CCCC[C@]4(C)[C@H]3CC[C@]12C. The predicted molar refractivity (Wildman–Crippen MR) is 107 cm³/mol. The van der Waals surface area contributed by atoms with Gasteiger partial charge in [-0.1, -0.05) is 39.5 Å². The first-order valence-corrected chi connectivity index (χ1v) is 11.5. The molecule has 0 bridgehead atoms. The van der Waals surface area contributed by atoms with Crippen LogP contribution >= 0.6 is 11.6 Å². The Morgan fingerprint density at radius 3 is 2.52 bits per heavy atom. The zero-order valence-corrected chi connectivity index (χ0v) is 17.4. The van der Waals surface area contributed by atoms with Gasteiger partial charge in [-0.05, 0) is 109 Å². The standard InChI is InChI=1S/C24H37Cl/c1-17(7-6-16-25)20-11-12-21-19-10-9-18-8-4-5-14-23(18,2)22(19)13-15-24(20,21)3/h17-22H,4-5,7-15H2,1-3H3/t17-,18?,19+,20-,21+,22+,23+,24-/m1/s1. The van der Waals surface area contributed by atoms with Gasteiger partial charge in [0.25, 0.3) is 0 Å². The third-order valence-corrected chi connectivity index (χ3v) is 9.97. The monoisotopic (exact) mass is 360 g/mol. The van der Waals surface area contributed by atoms with Gasteiger partial charge in [0.05, 0.1) is 0 Å². The summed E-state index contributed by atoms with van der Waals surface area (Å²) in [6.07, 6.45) is 16.0. The summed E-state index contributed by atoms with van der Waals surface area (Å²) in [6, 6.07) is 0. The van der Waals surface area contributed by atoms with Crippen LogP contribution < -0.4 is 0 Å². The summed E-state index contributed by atoms with van der Waals surface area (Å²) in [7, 11) is 0. The maximum Gasteiger partial charge on any atom is 0.0130 e. The maximum absolute atomic E-state index is 5.63. The Balaban J connectivity index is 1.56. The van der Waals surface area contributed by atoms with Gasteiger partial charge < -0.3 is 0 Å². The average molecular weight is 361 g/mol. The van der Waals surface area contributed by atoms with E-state index in [1.54, 1.807) is 0 Å². The number of hydrogen-bond acceptors (Lipinski definition) is 0. The Morgan fingerprint density at radius 2 is 1.72 bits per heavy atom. The van der Waals surface area contributed by atoms with Crippen molar-refractivity contribution in [2.24, 2.45) is 46.3 Å². The summed E-state index contributed by atoms with van der Waals surface area (Å²) < 4.78 is 0. The van der Waals surface area contributed by atoms with Gasteiger partial charge in [0.15, 0.2) is 0 Å². The molecule has 8 atom stereocenters. The highest BCUT2D eigenvalue weighted by atomic mass is 35.5. The molecule has 4 aliphatic carbocycles. The van der Waals surface area contributed by atoms with Gasteiger partial charge in [-0.25, -0.2) is 0 Å². The summed E-state index contributed by atoms with van der Waals surface area (Å²) in [5.41, 5.74) is 1.25. The molecule has 4 aliphatic rings. The highest BCUT2D eigenvalue weighted by Crippen LogP contribution is 2.68. The molecule has 1 heteroatoms. The summed E-state index contributed by atoms with van der Waals surface area (Å²) in [5, 5.41) is 2.61. The minimum absolute atomic E-state index is 0.576. The second-order valence-electron chi connectivity index (χ2n) is 10.6. The zero-order chi connectivity index (χ0) is 17.7. The molecule has 4 fully saturated rings. The van der Waals surface area contributed by atoms with E-state index in [1.165, 1.54) is 64.2 Å². The van der Waals surface area contributed by atoms with Crippen LogP contribution in [0.15, 0.2) is 0 Å². The Kier molecular flexibility index (Phi) is 4.94. The highest BCUT2D eigenvalue weighted by Gasteiger charge is 2.59. The smallest absolute Gasteiger partial charge is 0.0130 e. The molecule has 0 aliphatic heterocycles. The second kappa shape index (κ2) is 6.78. The van der Waals surface area contributed by atoms with Crippen molar-refractivity contribution in [2.45, 2.75) is 91.4 Å². The van der Waals surface area contributed by atoms with Crippen molar-refractivity contribution >= 4 is 11.6 Å². The molecule has 0 radical (unpaired) electrons. The van der Waals surface area contributed by atoms with E-state index in [1.807, 2.05) is 0 Å². The lowest BCUT2D eigenvalue weighted by atomic mass is 9.44. The van der Waals surface area contributed by atoms with Crippen LogP contribution in [0.3, 0.4) is 0 Å². The summed E-state index contributed by atoms with van der Waals surface area (Å²) in [6.45, 7) is 7.79. The van der Waals surface area contributed by atoms with Crippen LogP contribution in [0.4, 0.5) is 0 Å². The lowest BCUT2D eigenvalue weighted by Crippen LogP contribution is -2.53. The number of halogens is 1. The van der Waals surface area contributed by atoms with E-state index < -0.39 is 0 Å². The molecule has 0 spiro atoms. The molecular formula is C24H37Cl. The normalized spacial score (nSPS) is 50.0. The largest absolute Gasteiger partial charge is 0.0856 e. The fourth-order valence-electron chi connectivity index (χ4n) is 8.61. The Bertz CT molecular complexity index is 556. The van der Waals surface area contributed by atoms with Gasteiger partial charge >= 0.3 is 0 Å². The van der Waals surface area contributed by atoms with E-state index in [-0.39, 0.29) is 0 Å². The van der Waals surface area contributed by atoms with Gasteiger partial charge in [0.1, 0.15) is 0 Å². The van der Waals surface area contributed by atoms with Crippen molar-refractivity contribution in [1.29, 1.82) is 0 Å². The summed E-state index contributed by atoms with van der Waals surface area (Å²) in [4.78, 5) is 0. The minimum atomic E-state index is 0.576. The van der Waals surface area contributed by atoms with E-state index in [2.05, 4.69) is 32.1 Å². The molecule has 0 N–H and O–H groups in total. The van der Waals surface area contributed by atoms with E-state index in [9.17, 15) is 0 Å². The molecule has 0 heterocycles. The molecule has 0 amide bonds. The quantitative estimate of drug-likeness (QED) is 0.454. The van der Waals surface area contributed by atoms with Crippen molar-refractivity contribution in [3.63, 3.8) is 0 Å². The topological polar surface area (TPSA) is 0 Å². The van der Waals surface area contributed by atoms with Crippen molar-refractivity contribution < 1.29 is 0 Å². The average Bonchev–Trinajstić information content (AvgIpc) is 2.96. The molecule has 25 heavy (non-hydrogen) atoms. The first-order chi connectivity index (χ1) is 12.0. The molecule has 0 aromatic carbocycles. The van der Waals surface area contributed by atoms with E-state index in [4.69, 9.17) is 11.6 Å². The molecule has 0 nitrogen and oxygen atoms in total. The third kappa shape index (κ3) is 2.79. The molecule has 4 saturated carbocycles. The highest BCUT2D eigenvalue weighted by molar-refractivity contribution is 6.30. The Morgan fingerprint density at radius 1 is 0.920 bits per heavy atom. The van der Waals surface area contributed by atoms with Gasteiger partial charge in [-0.3, -0.25) is 0 Å². The predicted octanol–water partition coefficient (Wildman–Crippen LogP) is 7.26. The molecule has 0 aromatic heterocycles. The summed E-state index contributed by atoms with van der Waals surface area (Å²) >= 11 is 5.63. The van der Waals surface area contributed by atoms with Crippen molar-refractivity contribution in [1.82, 2.24) is 0 Å². The third-order valence-electron chi connectivity index (χ3n) is 9.83. The van der Waals surface area contributed by atoms with E-state index >= 15 is 0 Å². The van der Waals surface area contributed by atoms with E-state index in [0.717, 1.165) is 36.0 Å². The van der Waals surface area contributed by atoms with Crippen LogP contribution in [0.1, 0.15) is 91.4 Å². The van der Waals surface area contributed by atoms with Crippen molar-refractivity contribution in [2.75, 3.05) is 0 Å². The molecule has 4 rings (SSSR count). The molecule has 0 aromatic rings. The second-order valence-corrected chi connectivity index (χ2v) is 10.8. The van der Waals surface area contributed by atoms with E-state index in [0.29, 0.717) is 16.7 Å². The van der Waals surface area contributed by atoms with Crippen LogP contribution in [-0.4, -0.2) is 0 Å². The molecule has 0 saturated heterocycles. The van der Waals surface area contributed by atoms with Crippen molar-refractivity contribution in [3.8, 4) is 11.3 Å². The Labute approximate surface area is 160 Å². The van der Waals surface area contributed by atoms with Crippen molar-refractivity contribution in [3.05, 3.63) is 0 Å². The lowest BCUT2D eigenvalue weighted by Gasteiger charge is -2.60. The van der Waals surface area contributed by atoms with Crippen LogP contribution in [0.25, 0.3) is 0 Å².